The SMILES string of the molecule is CCCCCCCCCCCC.O[B]O[B]O. The third-order valence-electron chi connectivity index (χ3n) is 2.58. The van der Waals surface area contributed by atoms with E-state index in [1.165, 1.54) is 64.2 Å². The average Bonchev–Trinajstić information content (AvgIpc) is 2.34. The summed E-state index contributed by atoms with van der Waals surface area (Å²) < 4.78 is 3.69. The first-order valence-corrected chi connectivity index (χ1v) is 6.90. The van der Waals surface area contributed by atoms with Crippen LogP contribution in [0, 0.1) is 0 Å². The Morgan fingerprint density at radius 3 is 1.12 bits per heavy atom. The first-order chi connectivity index (χ1) is 8.33. The molecule has 0 atom stereocenters. The van der Waals surface area contributed by atoms with Crippen LogP contribution in [-0.2, 0) is 4.57 Å². The molecule has 0 aromatic carbocycles. The molecule has 0 aromatic rings. The first kappa shape index (κ1) is 19.4. The van der Waals surface area contributed by atoms with E-state index in [2.05, 4.69) is 18.4 Å². The van der Waals surface area contributed by atoms with E-state index in [0.29, 0.717) is 15.4 Å². The normalized spacial score (nSPS) is 9.41. The molecule has 0 saturated carbocycles. The Hall–Kier alpha value is 0.00987. The van der Waals surface area contributed by atoms with Gasteiger partial charge in [0, 0.05) is 0 Å². The van der Waals surface area contributed by atoms with Gasteiger partial charge in [-0.2, -0.15) is 0 Å². The van der Waals surface area contributed by atoms with Gasteiger partial charge in [0.15, 0.2) is 0 Å². The first-order valence-electron chi connectivity index (χ1n) is 6.90. The molecule has 2 N–H and O–H groups in total. The maximum absolute atomic E-state index is 7.53. The predicted octanol–water partition coefficient (Wildman–Crippen LogP) is 2.98. The largest absolute Gasteiger partial charge is 0.469 e. The minimum Gasteiger partial charge on any atom is -0.456 e. The van der Waals surface area contributed by atoms with Gasteiger partial charge in [-0.25, -0.2) is 0 Å². The van der Waals surface area contributed by atoms with Crippen LogP contribution >= 0.6 is 0 Å². The molecule has 0 rings (SSSR count). The lowest BCUT2D eigenvalue weighted by Crippen LogP contribution is -2.00. The molecule has 0 heterocycles. The van der Waals surface area contributed by atoms with Crippen molar-refractivity contribution < 1.29 is 14.6 Å². The van der Waals surface area contributed by atoms with Crippen molar-refractivity contribution in [2.75, 3.05) is 0 Å². The fraction of sp³-hybridized carbons (Fsp3) is 1.00. The van der Waals surface area contributed by atoms with Crippen molar-refractivity contribution in [3.63, 3.8) is 0 Å². The van der Waals surface area contributed by atoms with Crippen LogP contribution < -0.4 is 0 Å². The van der Waals surface area contributed by atoms with Gasteiger partial charge in [0.05, 0.1) is 0 Å². The van der Waals surface area contributed by atoms with E-state index in [0.717, 1.165) is 0 Å². The number of unbranched alkanes of at least 4 members (excludes halogenated alkanes) is 9. The average molecular weight is 242 g/mol. The van der Waals surface area contributed by atoms with Gasteiger partial charge >= 0.3 is 15.4 Å². The molecule has 0 aliphatic carbocycles. The summed E-state index contributed by atoms with van der Waals surface area (Å²) in [6, 6.07) is 0. The highest BCUT2D eigenvalue weighted by Crippen LogP contribution is 2.09. The van der Waals surface area contributed by atoms with Crippen molar-refractivity contribution in [3.05, 3.63) is 0 Å². The second-order valence-electron chi connectivity index (χ2n) is 4.18. The van der Waals surface area contributed by atoms with Gasteiger partial charge in [0.2, 0.25) is 0 Å². The highest BCUT2D eigenvalue weighted by Gasteiger charge is 1.90. The maximum atomic E-state index is 7.53. The van der Waals surface area contributed by atoms with E-state index in [4.69, 9.17) is 10.0 Å². The van der Waals surface area contributed by atoms with Crippen LogP contribution in [0.25, 0.3) is 0 Å². The minimum atomic E-state index is 0.375. The molecule has 0 aromatic heterocycles. The van der Waals surface area contributed by atoms with E-state index >= 15 is 0 Å². The molecular formula is C12H28B2O3. The van der Waals surface area contributed by atoms with Gasteiger partial charge < -0.3 is 14.6 Å². The van der Waals surface area contributed by atoms with Crippen molar-refractivity contribution in [2.45, 2.75) is 78.1 Å². The van der Waals surface area contributed by atoms with E-state index in [1.807, 2.05) is 0 Å². The van der Waals surface area contributed by atoms with E-state index in [9.17, 15) is 0 Å². The Kier molecular flexibility index (Phi) is 24.3. The lowest BCUT2D eigenvalue weighted by Gasteiger charge is -1.99. The molecule has 5 heteroatoms. The van der Waals surface area contributed by atoms with Crippen LogP contribution in [0.1, 0.15) is 78.1 Å². The zero-order chi connectivity index (χ0) is 13.2. The van der Waals surface area contributed by atoms with Gasteiger partial charge in [-0.3, -0.25) is 0 Å². The zero-order valence-electron chi connectivity index (χ0n) is 11.5. The lowest BCUT2D eigenvalue weighted by molar-refractivity contribution is 0.408. The van der Waals surface area contributed by atoms with Gasteiger partial charge in [0.1, 0.15) is 0 Å². The minimum absolute atomic E-state index is 0.375. The summed E-state index contributed by atoms with van der Waals surface area (Å²) in [5, 5.41) is 15.1. The van der Waals surface area contributed by atoms with Crippen molar-refractivity contribution in [3.8, 4) is 0 Å². The Morgan fingerprint density at radius 1 is 0.647 bits per heavy atom. The Labute approximate surface area is 109 Å². The summed E-state index contributed by atoms with van der Waals surface area (Å²) in [7, 11) is 0.750. The molecular weight excluding hydrogens is 214 g/mol. The van der Waals surface area contributed by atoms with Gasteiger partial charge in [0.25, 0.3) is 0 Å². The van der Waals surface area contributed by atoms with Gasteiger partial charge in [-0.1, -0.05) is 78.1 Å². The van der Waals surface area contributed by atoms with Gasteiger partial charge in [-0.15, -0.1) is 0 Å². The van der Waals surface area contributed by atoms with Crippen LogP contribution in [0.2, 0.25) is 0 Å². The van der Waals surface area contributed by atoms with Crippen molar-refractivity contribution >= 4 is 15.4 Å². The smallest absolute Gasteiger partial charge is 0.456 e. The molecule has 17 heavy (non-hydrogen) atoms. The fourth-order valence-electron chi connectivity index (χ4n) is 1.59. The molecule has 100 valence electrons. The number of rotatable bonds is 11. The molecule has 0 saturated heterocycles. The third-order valence-corrected chi connectivity index (χ3v) is 2.58. The van der Waals surface area contributed by atoms with E-state index in [1.54, 1.807) is 0 Å². The standard InChI is InChI=1S/C12H26.B2H2O3/c1-3-5-7-9-11-12-10-8-6-4-2;3-1-5-2-4/h3-12H2,1-2H3;3-4H. The highest BCUT2D eigenvalue weighted by atomic mass is 16.5. The fourth-order valence-corrected chi connectivity index (χ4v) is 1.59. The Balaban J connectivity index is 0. The predicted molar refractivity (Wildman–Crippen MR) is 74.5 cm³/mol. The summed E-state index contributed by atoms with van der Waals surface area (Å²) in [6.07, 6.45) is 14.4. The number of hydrogen-bond donors (Lipinski definition) is 2. The highest BCUT2D eigenvalue weighted by molar-refractivity contribution is 6.32. The summed E-state index contributed by atoms with van der Waals surface area (Å²) in [4.78, 5) is 0. The quantitative estimate of drug-likeness (QED) is 0.432. The topological polar surface area (TPSA) is 49.7 Å². The Bertz CT molecular complexity index is 104. The summed E-state index contributed by atoms with van der Waals surface area (Å²) in [5.74, 6) is 0. The second-order valence-corrected chi connectivity index (χ2v) is 4.18. The monoisotopic (exact) mass is 242 g/mol. The van der Waals surface area contributed by atoms with Gasteiger partial charge in [-0.05, 0) is 0 Å². The van der Waals surface area contributed by atoms with E-state index < -0.39 is 0 Å². The molecule has 0 aliphatic rings. The molecule has 0 spiro atoms. The molecule has 3 nitrogen and oxygen atoms in total. The van der Waals surface area contributed by atoms with Crippen LogP contribution in [0.5, 0.6) is 0 Å². The molecule has 0 fully saturated rings. The third kappa shape index (κ3) is 25.9. The maximum Gasteiger partial charge on any atom is 0.469 e. The van der Waals surface area contributed by atoms with Crippen molar-refractivity contribution in [1.82, 2.24) is 0 Å². The molecule has 0 aliphatic heterocycles. The van der Waals surface area contributed by atoms with E-state index in [-0.39, 0.29) is 0 Å². The second kappa shape index (κ2) is 21.3. The lowest BCUT2D eigenvalue weighted by atomic mass is 10.1. The molecule has 0 bridgehead atoms. The molecule has 2 radical (unpaired) electrons. The summed E-state index contributed by atoms with van der Waals surface area (Å²) in [5.41, 5.74) is 0. The number of hydrogen-bond acceptors (Lipinski definition) is 3. The zero-order valence-corrected chi connectivity index (χ0v) is 11.5. The van der Waals surface area contributed by atoms with Crippen LogP contribution in [0.4, 0.5) is 0 Å². The van der Waals surface area contributed by atoms with Crippen LogP contribution in [0.15, 0.2) is 0 Å². The van der Waals surface area contributed by atoms with Crippen molar-refractivity contribution in [2.24, 2.45) is 0 Å². The molecule has 0 amide bonds. The van der Waals surface area contributed by atoms with Crippen molar-refractivity contribution in [1.29, 1.82) is 0 Å². The van der Waals surface area contributed by atoms with Crippen LogP contribution in [0.3, 0.4) is 0 Å². The summed E-state index contributed by atoms with van der Waals surface area (Å²) in [6.45, 7) is 4.56. The Morgan fingerprint density at radius 2 is 0.941 bits per heavy atom. The summed E-state index contributed by atoms with van der Waals surface area (Å²) >= 11 is 0. The van der Waals surface area contributed by atoms with Crippen LogP contribution in [-0.4, -0.2) is 25.4 Å². The molecule has 0 unspecified atom stereocenters.